The summed E-state index contributed by atoms with van der Waals surface area (Å²) < 4.78 is 6.07. The molecule has 1 aromatic rings. The fourth-order valence-corrected chi connectivity index (χ4v) is 2.77. The van der Waals surface area contributed by atoms with Crippen molar-refractivity contribution in [1.82, 2.24) is 0 Å². The smallest absolute Gasteiger partial charge is 0.120 e. The van der Waals surface area contributed by atoms with Crippen molar-refractivity contribution >= 4 is 6.21 Å². The lowest BCUT2D eigenvalue weighted by Crippen LogP contribution is -2.03. The van der Waals surface area contributed by atoms with Crippen molar-refractivity contribution in [2.45, 2.75) is 26.7 Å². The second-order valence-electron chi connectivity index (χ2n) is 5.88. The third-order valence-corrected chi connectivity index (χ3v) is 4.24. The third-order valence-electron chi connectivity index (χ3n) is 4.24. The Morgan fingerprint density at radius 2 is 2.20 bits per heavy atom. The van der Waals surface area contributed by atoms with Crippen molar-refractivity contribution in [1.29, 1.82) is 0 Å². The Labute approximate surface area is 151 Å². The van der Waals surface area contributed by atoms with Gasteiger partial charge in [0.2, 0.25) is 0 Å². The molecule has 1 aliphatic rings. The molecule has 0 saturated carbocycles. The summed E-state index contributed by atoms with van der Waals surface area (Å²) in [5, 5.41) is 0. The van der Waals surface area contributed by atoms with Gasteiger partial charge in [-0.05, 0) is 65.8 Å². The molecule has 0 bridgehead atoms. The van der Waals surface area contributed by atoms with E-state index in [4.69, 9.17) is 4.74 Å². The van der Waals surface area contributed by atoms with Gasteiger partial charge in [0, 0.05) is 13.3 Å². The van der Waals surface area contributed by atoms with Gasteiger partial charge >= 0.3 is 0 Å². The molecule has 2 heteroatoms. The number of nitrogens with zero attached hydrogens (tertiary/aromatic N) is 1. The summed E-state index contributed by atoms with van der Waals surface area (Å²) in [6, 6.07) is 8.28. The largest absolute Gasteiger partial charge is 0.489 e. The molecule has 0 saturated heterocycles. The summed E-state index contributed by atoms with van der Waals surface area (Å²) in [5.41, 5.74) is 5.88. The Morgan fingerprint density at radius 1 is 1.36 bits per heavy atom. The number of hydrogen-bond donors (Lipinski definition) is 0. The van der Waals surface area contributed by atoms with Gasteiger partial charge in [-0.25, -0.2) is 0 Å². The maximum atomic E-state index is 6.07. The van der Waals surface area contributed by atoms with Crippen molar-refractivity contribution < 1.29 is 4.74 Å². The topological polar surface area (TPSA) is 21.6 Å². The lowest BCUT2D eigenvalue weighted by atomic mass is 10.0. The first-order valence-corrected chi connectivity index (χ1v) is 8.75. The van der Waals surface area contributed by atoms with E-state index in [0.717, 1.165) is 35.3 Å². The van der Waals surface area contributed by atoms with E-state index in [2.05, 4.69) is 54.9 Å². The molecule has 1 aliphatic carbocycles. The normalized spacial score (nSPS) is 15.3. The molecule has 2 nitrogen and oxygen atoms in total. The van der Waals surface area contributed by atoms with Crippen molar-refractivity contribution in [2.24, 2.45) is 4.99 Å². The molecule has 0 aliphatic heterocycles. The van der Waals surface area contributed by atoms with Crippen LogP contribution in [0.4, 0.5) is 0 Å². The molecule has 0 spiro atoms. The van der Waals surface area contributed by atoms with E-state index in [9.17, 15) is 0 Å². The van der Waals surface area contributed by atoms with Crippen LogP contribution in [0.5, 0.6) is 5.75 Å². The molecule has 130 valence electrons. The van der Waals surface area contributed by atoms with Gasteiger partial charge in [-0.3, -0.25) is 4.99 Å². The Bertz CT molecular complexity index is 760. The lowest BCUT2D eigenvalue weighted by Gasteiger charge is -2.11. The minimum absolute atomic E-state index is 0.528. The third kappa shape index (κ3) is 5.18. The summed E-state index contributed by atoms with van der Waals surface area (Å²) in [6.45, 7) is 8.67. The molecule has 0 heterocycles. The van der Waals surface area contributed by atoms with E-state index in [1.807, 2.05) is 31.3 Å². The second-order valence-corrected chi connectivity index (χ2v) is 5.88. The first kappa shape index (κ1) is 18.7. The van der Waals surface area contributed by atoms with E-state index in [-0.39, 0.29) is 0 Å². The van der Waals surface area contributed by atoms with Crippen molar-refractivity contribution in [3.8, 4) is 5.75 Å². The Hall–Kier alpha value is -2.61. The first-order chi connectivity index (χ1) is 12.2. The molecule has 0 unspecified atom stereocenters. The van der Waals surface area contributed by atoms with E-state index in [1.54, 1.807) is 7.05 Å². The summed E-state index contributed by atoms with van der Waals surface area (Å²) in [4.78, 5) is 4.15. The van der Waals surface area contributed by atoms with E-state index in [1.165, 1.54) is 11.1 Å². The Morgan fingerprint density at radius 3 is 2.88 bits per heavy atom. The predicted molar refractivity (Wildman–Crippen MR) is 109 cm³/mol. The first-order valence-electron chi connectivity index (χ1n) is 8.75. The second kappa shape index (κ2) is 9.63. The van der Waals surface area contributed by atoms with Crippen molar-refractivity contribution in [3.63, 3.8) is 0 Å². The highest BCUT2D eigenvalue weighted by atomic mass is 16.5. The number of allylic oxidation sites excluding steroid dienone is 7. The van der Waals surface area contributed by atoms with Crippen molar-refractivity contribution in [2.75, 3.05) is 13.7 Å². The van der Waals surface area contributed by atoms with Gasteiger partial charge in [-0.2, -0.15) is 0 Å². The zero-order chi connectivity index (χ0) is 18.1. The Balaban J connectivity index is 2.27. The van der Waals surface area contributed by atoms with Crippen LogP contribution in [0.1, 0.15) is 25.8 Å². The van der Waals surface area contributed by atoms with E-state index in [0.29, 0.717) is 6.61 Å². The monoisotopic (exact) mass is 333 g/mol. The summed E-state index contributed by atoms with van der Waals surface area (Å²) in [6.07, 6.45) is 14.2. The highest BCUT2D eigenvalue weighted by Crippen LogP contribution is 2.24. The fourth-order valence-electron chi connectivity index (χ4n) is 2.77. The zero-order valence-electron chi connectivity index (χ0n) is 15.5. The van der Waals surface area contributed by atoms with E-state index >= 15 is 0 Å². The maximum Gasteiger partial charge on any atom is 0.120 e. The average Bonchev–Trinajstić information content (AvgIpc) is 2.86. The highest BCUT2D eigenvalue weighted by Gasteiger charge is 2.09. The van der Waals surface area contributed by atoms with Crippen LogP contribution in [0.25, 0.3) is 0 Å². The van der Waals surface area contributed by atoms with Gasteiger partial charge in [0.1, 0.15) is 12.4 Å². The molecule has 0 atom stereocenters. The van der Waals surface area contributed by atoms with Gasteiger partial charge < -0.3 is 4.74 Å². The Kier molecular flexibility index (Phi) is 7.21. The lowest BCUT2D eigenvalue weighted by molar-refractivity contribution is 0.354. The maximum absolute atomic E-state index is 6.07. The van der Waals surface area contributed by atoms with Crippen LogP contribution in [0.3, 0.4) is 0 Å². The summed E-state index contributed by atoms with van der Waals surface area (Å²) in [5.74, 6) is 0.906. The predicted octanol–water partition coefficient (Wildman–Crippen LogP) is 5.64. The van der Waals surface area contributed by atoms with Gasteiger partial charge in [-0.1, -0.05) is 49.9 Å². The molecule has 0 N–H and O–H groups in total. The van der Waals surface area contributed by atoms with Crippen LogP contribution >= 0.6 is 0 Å². The highest BCUT2D eigenvalue weighted by molar-refractivity contribution is 5.86. The van der Waals surface area contributed by atoms with E-state index < -0.39 is 0 Å². The quantitative estimate of drug-likeness (QED) is 0.591. The number of benzene rings is 1. The zero-order valence-corrected chi connectivity index (χ0v) is 15.5. The van der Waals surface area contributed by atoms with Crippen LogP contribution in [0.2, 0.25) is 0 Å². The molecular weight excluding hydrogens is 306 g/mol. The minimum atomic E-state index is 0.528. The molecule has 0 radical (unpaired) electrons. The number of hydrogen-bond acceptors (Lipinski definition) is 2. The van der Waals surface area contributed by atoms with Crippen LogP contribution in [-0.2, 0) is 6.42 Å². The molecule has 0 fully saturated rings. The van der Waals surface area contributed by atoms with Gasteiger partial charge in [0.15, 0.2) is 0 Å². The minimum Gasteiger partial charge on any atom is -0.489 e. The van der Waals surface area contributed by atoms with Crippen LogP contribution in [0.15, 0.2) is 88.5 Å². The SMILES string of the molecule is C=CC1=C(COc2cccc(CC)c2)C=C(/C(C=NC)=C/C)C=CC1. The molecule has 1 aromatic carbocycles. The van der Waals surface area contributed by atoms with Crippen LogP contribution < -0.4 is 4.74 Å². The number of rotatable bonds is 7. The van der Waals surface area contributed by atoms with Gasteiger partial charge in [-0.15, -0.1) is 0 Å². The van der Waals surface area contributed by atoms with Gasteiger partial charge in [0.25, 0.3) is 0 Å². The molecule has 2 rings (SSSR count). The average molecular weight is 333 g/mol. The van der Waals surface area contributed by atoms with Crippen molar-refractivity contribution in [3.05, 3.63) is 89.1 Å². The van der Waals surface area contributed by atoms with Crippen LogP contribution in [-0.4, -0.2) is 19.9 Å². The number of ether oxygens (including phenoxy) is 1. The molecule has 0 aromatic heterocycles. The summed E-state index contributed by atoms with van der Waals surface area (Å²) in [7, 11) is 1.79. The number of aryl methyl sites for hydroxylation is 1. The van der Waals surface area contributed by atoms with Crippen LogP contribution in [0, 0.1) is 0 Å². The number of aliphatic imine (C=N–C) groups is 1. The standard InChI is InChI=1S/C23H27NO/c1-5-18-10-8-13-23(14-18)25-17-22-15-21(20(7-3)16-24-4)12-9-11-19(22)6-2/h6-10,12-16H,2,5,11,17H2,1,3-4H3/b20-7+,24-16?. The fraction of sp³-hybridized carbons (Fsp3) is 0.261. The molecule has 0 amide bonds. The van der Waals surface area contributed by atoms with Gasteiger partial charge in [0.05, 0.1) is 0 Å². The summed E-state index contributed by atoms with van der Waals surface area (Å²) >= 11 is 0. The molecule has 25 heavy (non-hydrogen) atoms. The molecular formula is C23H27NO.